The van der Waals surface area contributed by atoms with Crippen LogP contribution in [0.3, 0.4) is 0 Å². The van der Waals surface area contributed by atoms with Crippen molar-refractivity contribution < 1.29 is 15.1 Å². The number of hydrogen-bond donors (Lipinski definition) is 3. The van der Waals surface area contributed by atoms with Crippen LogP contribution in [0.4, 0.5) is 0 Å². The van der Waals surface area contributed by atoms with Crippen molar-refractivity contribution in [2.75, 3.05) is 13.2 Å². The predicted octanol–water partition coefficient (Wildman–Crippen LogP) is -0.359. The highest BCUT2D eigenvalue weighted by Crippen LogP contribution is 2.07. The van der Waals surface area contributed by atoms with E-state index in [4.69, 9.17) is 20.8 Å². The van der Waals surface area contributed by atoms with Gasteiger partial charge in [-0.2, -0.15) is 4.98 Å². The lowest BCUT2D eigenvalue weighted by Gasteiger charge is -2.05. The molecule has 0 spiro atoms. The van der Waals surface area contributed by atoms with Gasteiger partial charge in [0.2, 0.25) is 0 Å². The molecule has 7 heteroatoms. The van der Waals surface area contributed by atoms with Crippen LogP contribution in [-0.4, -0.2) is 39.3 Å². The maximum Gasteiger partial charge on any atom is 0.317 e. The second-order valence-electron chi connectivity index (χ2n) is 3.09. The van der Waals surface area contributed by atoms with E-state index >= 15 is 0 Å². The van der Waals surface area contributed by atoms with E-state index in [0.29, 0.717) is 24.4 Å². The van der Waals surface area contributed by atoms with Crippen molar-refractivity contribution in [2.24, 2.45) is 10.9 Å². The fourth-order valence-corrected chi connectivity index (χ4v) is 1.02. The summed E-state index contributed by atoms with van der Waals surface area (Å²) in [4.78, 5) is 7.96. The number of aryl methyl sites for hydroxylation is 1. The quantitative estimate of drug-likeness (QED) is 0.208. The number of nitrogens with two attached hydrogens (primary N) is 1. The molecule has 0 unspecified atom stereocenters. The first-order chi connectivity index (χ1) is 7.67. The molecule has 0 aliphatic rings. The molecule has 7 nitrogen and oxygen atoms in total. The van der Waals surface area contributed by atoms with Gasteiger partial charge >= 0.3 is 6.01 Å². The fraction of sp³-hybridized carbons (Fsp3) is 0.444. The Labute approximate surface area is 92.6 Å². The van der Waals surface area contributed by atoms with Crippen molar-refractivity contribution in [3.8, 4) is 6.01 Å². The Bertz CT molecular complexity index is 381. The number of hydrogen-bond acceptors (Lipinski definition) is 6. The monoisotopic (exact) mass is 226 g/mol. The van der Waals surface area contributed by atoms with Gasteiger partial charge < -0.3 is 20.8 Å². The molecule has 1 aromatic heterocycles. The van der Waals surface area contributed by atoms with Crippen LogP contribution in [0.1, 0.15) is 17.8 Å². The number of aliphatic hydroxyl groups is 1. The Morgan fingerprint density at radius 1 is 1.56 bits per heavy atom. The summed E-state index contributed by atoms with van der Waals surface area (Å²) in [6, 6.07) is 1.73. The fourth-order valence-electron chi connectivity index (χ4n) is 1.02. The number of amidine groups is 1. The van der Waals surface area contributed by atoms with Gasteiger partial charge in [0.1, 0.15) is 5.69 Å². The maximum atomic E-state index is 8.59. The topological polar surface area (TPSA) is 114 Å². The van der Waals surface area contributed by atoms with Gasteiger partial charge in [0.25, 0.3) is 0 Å². The minimum atomic E-state index is -0.0995. The van der Waals surface area contributed by atoms with Gasteiger partial charge in [-0.05, 0) is 13.0 Å². The first-order valence-corrected chi connectivity index (χ1v) is 4.74. The molecule has 16 heavy (non-hydrogen) atoms. The Morgan fingerprint density at radius 2 is 2.31 bits per heavy atom. The second-order valence-corrected chi connectivity index (χ2v) is 3.09. The molecule has 0 aromatic carbocycles. The molecule has 4 N–H and O–H groups in total. The highest BCUT2D eigenvalue weighted by molar-refractivity contribution is 5.95. The number of aliphatic hydroxyl groups excluding tert-OH is 1. The molecule has 0 atom stereocenters. The Kier molecular flexibility index (Phi) is 4.46. The molecule has 0 saturated carbocycles. The molecule has 1 rings (SSSR count). The molecule has 0 fully saturated rings. The van der Waals surface area contributed by atoms with Gasteiger partial charge in [-0.1, -0.05) is 5.16 Å². The summed E-state index contributed by atoms with van der Waals surface area (Å²) < 4.78 is 5.19. The lowest BCUT2D eigenvalue weighted by molar-refractivity contribution is 0.224. The molecule has 0 aliphatic heterocycles. The molecular formula is C9H14N4O3. The standard InChI is InChI=1S/C9H14N4O3/c1-6-5-7(8(10)13-15)12-9(11-6)16-4-2-3-14/h5,14-15H,2-4H2,1H3,(H2,10,13). The van der Waals surface area contributed by atoms with Crippen LogP contribution in [0.2, 0.25) is 0 Å². The first-order valence-electron chi connectivity index (χ1n) is 4.74. The molecule has 0 radical (unpaired) electrons. The van der Waals surface area contributed by atoms with Crippen molar-refractivity contribution in [1.29, 1.82) is 0 Å². The van der Waals surface area contributed by atoms with Gasteiger partial charge in [0.15, 0.2) is 5.84 Å². The zero-order chi connectivity index (χ0) is 12.0. The van der Waals surface area contributed by atoms with Crippen LogP contribution >= 0.6 is 0 Å². The van der Waals surface area contributed by atoms with E-state index < -0.39 is 0 Å². The van der Waals surface area contributed by atoms with Crippen molar-refractivity contribution in [2.45, 2.75) is 13.3 Å². The van der Waals surface area contributed by atoms with Gasteiger partial charge in [0, 0.05) is 18.7 Å². The summed E-state index contributed by atoms with van der Waals surface area (Å²) in [6.07, 6.45) is 0.496. The Morgan fingerprint density at radius 3 is 2.94 bits per heavy atom. The minimum absolute atomic E-state index is 0.0406. The van der Waals surface area contributed by atoms with E-state index in [0.717, 1.165) is 0 Å². The summed E-state index contributed by atoms with van der Waals surface area (Å²) >= 11 is 0. The summed E-state index contributed by atoms with van der Waals surface area (Å²) in [5.74, 6) is -0.0995. The SMILES string of the molecule is Cc1cc(/C(N)=N/O)nc(OCCCO)n1. The van der Waals surface area contributed by atoms with Crippen LogP contribution in [0, 0.1) is 6.92 Å². The number of ether oxygens (including phenoxy) is 1. The average molecular weight is 226 g/mol. The lowest BCUT2D eigenvalue weighted by Crippen LogP contribution is -2.16. The highest BCUT2D eigenvalue weighted by atomic mass is 16.5. The van der Waals surface area contributed by atoms with Crippen molar-refractivity contribution >= 4 is 5.84 Å². The van der Waals surface area contributed by atoms with Gasteiger partial charge in [0.05, 0.1) is 6.61 Å². The minimum Gasteiger partial charge on any atom is -0.463 e. The van der Waals surface area contributed by atoms with Crippen molar-refractivity contribution in [1.82, 2.24) is 9.97 Å². The summed E-state index contributed by atoms with van der Waals surface area (Å²) in [7, 11) is 0. The van der Waals surface area contributed by atoms with E-state index in [9.17, 15) is 0 Å². The van der Waals surface area contributed by atoms with Crippen LogP contribution in [-0.2, 0) is 0 Å². The maximum absolute atomic E-state index is 8.59. The Hall–Kier alpha value is -1.89. The van der Waals surface area contributed by atoms with Gasteiger partial charge in [-0.15, -0.1) is 0 Å². The number of nitrogens with zero attached hydrogens (tertiary/aromatic N) is 3. The molecule has 0 saturated heterocycles. The molecule has 88 valence electrons. The van der Waals surface area contributed by atoms with Gasteiger partial charge in [-0.25, -0.2) is 4.98 Å². The zero-order valence-corrected chi connectivity index (χ0v) is 8.92. The highest BCUT2D eigenvalue weighted by Gasteiger charge is 2.06. The predicted molar refractivity (Wildman–Crippen MR) is 56.5 cm³/mol. The van der Waals surface area contributed by atoms with Crippen molar-refractivity contribution in [3.05, 3.63) is 17.5 Å². The lowest BCUT2D eigenvalue weighted by atomic mass is 10.3. The van der Waals surface area contributed by atoms with Crippen LogP contribution < -0.4 is 10.5 Å². The molecule has 0 aliphatic carbocycles. The normalized spacial score (nSPS) is 11.5. The third kappa shape index (κ3) is 3.35. The molecule has 1 aromatic rings. The smallest absolute Gasteiger partial charge is 0.317 e. The van der Waals surface area contributed by atoms with Gasteiger partial charge in [-0.3, -0.25) is 0 Å². The molecule has 0 amide bonds. The molecular weight excluding hydrogens is 212 g/mol. The van der Waals surface area contributed by atoms with E-state index in [1.807, 2.05) is 0 Å². The average Bonchev–Trinajstić information content (AvgIpc) is 2.27. The second kappa shape index (κ2) is 5.86. The van der Waals surface area contributed by atoms with E-state index in [-0.39, 0.29) is 18.5 Å². The first kappa shape index (κ1) is 12.2. The number of oxime groups is 1. The number of rotatable bonds is 5. The third-order valence-electron chi connectivity index (χ3n) is 1.74. The molecule has 1 heterocycles. The Balaban J connectivity index is 2.82. The van der Waals surface area contributed by atoms with E-state index in [2.05, 4.69) is 15.1 Å². The number of aromatic nitrogens is 2. The summed E-state index contributed by atoms with van der Waals surface area (Å²) in [5.41, 5.74) is 6.35. The van der Waals surface area contributed by atoms with Crippen molar-refractivity contribution in [3.63, 3.8) is 0 Å². The van der Waals surface area contributed by atoms with Crippen LogP contribution in [0.5, 0.6) is 6.01 Å². The third-order valence-corrected chi connectivity index (χ3v) is 1.74. The summed E-state index contributed by atoms with van der Waals surface area (Å²) in [6.45, 7) is 2.10. The molecule has 0 bridgehead atoms. The van der Waals surface area contributed by atoms with Crippen LogP contribution in [0.15, 0.2) is 11.2 Å². The summed E-state index contributed by atoms with van der Waals surface area (Å²) in [5, 5.41) is 19.9. The largest absolute Gasteiger partial charge is 0.463 e. The van der Waals surface area contributed by atoms with Crippen LogP contribution in [0.25, 0.3) is 0 Å². The zero-order valence-electron chi connectivity index (χ0n) is 8.92. The van der Waals surface area contributed by atoms with E-state index in [1.54, 1.807) is 13.0 Å². The van der Waals surface area contributed by atoms with E-state index in [1.165, 1.54) is 0 Å².